The molecule has 0 heterocycles. The van der Waals surface area contributed by atoms with Crippen molar-refractivity contribution in [2.45, 2.75) is 50.4 Å². The fourth-order valence-electron chi connectivity index (χ4n) is 2.27. The largest absolute Gasteiger partial charge is 0.243 e. The second-order valence-corrected chi connectivity index (χ2v) is 7.97. The van der Waals surface area contributed by atoms with Crippen LogP contribution in [0.4, 0.5) is 0 Å². The molecule has 5 heteroatoms. The van der Waals surface area contributed by atoms with Crippen LogP contribution in [0.15, 0.2) is 23.1 Å². The van der Waals surface area contributed by atoms with Crippen LogP contribution in [-0.4, -0.2) is 25.3 Å². The summed E-state index contributed by atoms with van der Waals surface area (Å²) in [6.45, 7) is 6.33. The molecule has 0 bridgehead atoms. The maximum Gasteiger partial charge on any atom is 0.243 e. The van der Waals surface area contributed by atoms with Gasteiger partial charge in [0.05, 0.1) is 4.90 Å². The number of hydrogen-bond donors (Lipinski definition) is 0. The first kappa shape index (κ1) is 15.8. The monoisotopic (exact) mass is 315 g/mol. The lowest BCUT2D eigenvalue weighted by molar-refractivity contribution is 0.341. The standard InChI is InChI=1S/C15H22ClNO2S/c1-11(2)17(10-13-6-7-13)20(18,19)15-8-14(9-16)5-4-12(15)3/h4-5,8,11,13H,6-7,9-10H2,1-3H3. The van der Waals surface area contributed by atoms with E-state index in [1.54, 1.807) is 10.4 Å². The molecule has 1 saturated carbocycles. The molecule has 0 atom stereocenters. The lowest BCUT2D eigenvalue weighted by atomic mass is 10.2. The number of sulfonamides is 1. The van der Waals surface area contributed by atoms with Crippen molar-refractivity contribution < 1.29 is 8.42 Å². The molecular formula is C15H22ClNO2S. The van der Waals surface area contributed by atoms with Crippen molar-refractivity contribution in [3.05, 3.63) is 29.3 Å². The minimum atomic E-state index is -3.44. The van der Waals surface area contributed by atoms with E-state index in [1.165, 1.54) is 0 Å². The molecule has 20 heavy (non-hydrogen) atoms. The van der Waals surface area contributed by atoms with Crippen molar-refractivity contribution in [3.8, 4) is 0 Å². The summed E-state index contributed by atoms with van der Waals surface area (Å²) in [4.78, 5) is 0.394. The zero-order valence-corrected chi connectivity index (χ0v) is 13.8. The second-order valence-electron chi connectivity index (χ2n) is 5.85. The molecule has 0 saturated heterocycles. The highest BCUT2D eigenvalue weighted by Gasteiger charge is 2.34. The van der Waals surface area contributed by atoms with Gasteiger partial charge >= 0.3 is 0 Å². The van der Waals surface area contributed by atoms with Gasteiger partial charge < -0.3 is 0 Å². The molecule has 0 N–H and O–H groups in total. The first-order valence-electron chi connectivity index (χ1n) is 7.03. The minimum Gasteiger partial charge on any atom is -0.207 e. The molecule has 112 valence electrons. The van der Waals surface area contributed by atoms with E-state index in [2.05, 4.69) is 0 Å². The lowest BCUT2D eigenvalue weighted by Crippen LogP contribution is -2.38. The molecule has 0 spiro atoms. The van der Waals surface area contributed by atoms with E-state index in [9.17, 15) is 8.42 Å². The third kappa shape index (κ3) is 3.35. The van der Waals surface area contributed by atoms with Gasteiger partial charge in [0.2, 0.25) is 10.0 Å². The van der Waals surface area contributed by atoms with Crippen LogP contribution in [0.3, 0.4) is 0 Å². The summed E-state index contributed by atoms with van der Waals surface area (Å²) in [5.41, 5.74) is 1.62. The summed E-state index contributed by atoms with van der Waals surface area (Å²) in [6.07, 6.45) is 2.28. The van der Waals surface area contributed by atoms with Gasteiger partial charge in [-0.15, -0.1) is 11.6 Å². The molecule has 0 unspecified atom stereocenters. The number of rotatable bonds is 6. The Morgan fingerprint density at radius 2 is 2.00 bits per heavy atom. The van der Waals surface area contributed by atoms with E-state index < -0.39 is 10.0 Å². The van der Waals surface area contributed by atoms with Crippen LogP contribution < -0.4 is 0 Å². The number of alkyl halides is 1. The van der Waals surface area contributed by atoms with E-state index in [0.29, 0.717) is 23.2 Å². The fourth-order valence-corrected chi connectivity index (χ4v) is 4.43. The van der Waals surface area contributed by atoms with Crippen LogP contribution >= 0.6 is 11.6 Å². The minimum absolute atomic E-state index is 0.0281. The Labute approximate surface area is 127 Å². The third-order valence-electron chi connectivity index (χ3n) is 3.70. The Kier molecular flexibility index (Phi) is 4.77. The zero-order valence-electron chi connectivity index (χ0n) is 12.3. The Hall–Kier alpha value is -0.580. The molecule has 0 radical (unpaired) electrons. The first-order chi connectivity index (χ1) is 9.36. The summed E-state index contributed by atoms with van der Waals surface area (Å²) in [5, 5.41) is 0. The number of aryl methyl sites for hydroxylation is 1. The van der Waals surface area contributed by atoms with Gasteiger partial charge in [-0.3, -0.25) is 0 Å². The maximum absolute atomic E-state index is 12.9. The van der Waals surface area contributed by atoms with Gasteiger partial charge in [0.25, 0.3) is 0 Å². The summed E-state index contributed by atoms with van der Waals surface area (Å²) >= 11 is 5.83. The molecule has 3 nitrogen and oxygen atoms in total. The van der Waals surface area contributed by atoms with Gasteiger partial charge in [-0.05, 0) is 56.7 Å². The number of nitrogens with zero attached hydrogens (tertiary/aromatic N) is 1. The highest BCUT2D eigenvalue weighted by molar-refractivity contribution is 7.89. The first-order valence-corrected chi connectivity index (χ1v) is 9.01. The number of hydrogen-bond acceptors (Lipinski definition) is 2. The topological polar surface area (TPSA) is 37.4 Å². The smallest absolute Gasteiger partial charge is 0.207 e. The second kappa shape index (κ2) is 6.04. The van der Waals surface area contributed by atoms with Crippen LogP contribution in [0.1, 0.15) is 37.8 Å². The van der Waals surface area contributed by atoms with Crippen LogP contribution in [0, 0.1) is 12.8 Å². The molecule has 0 aliphatic heterocycles. The fraction of sp³-hybridized carbons (Fsp3) is 0.600. The van der Waals surface area contributed by atoms with Crippen molar-refractivity contribution in [1.82, 2.24) is 4.31 Å². The van der Waals surface area contributed by atoms with Crippen molar-refractivity contribution in [1.29, 1.82) is 0 Å². The molecule has 0 amide bonds. The van der Waals surface area contributed by atoms with E-state index >= 15 is 0 Å². The van der Waals surface area contributed by atoms with E-state index in [4.69, 9.17) is 11.6 Å². The molecule has 1 aromatic rings. The van der Waals surface area contributed by atoms with Gasteiger partial charge in [0, 0.05) is 18.5 Å². The summed E-state index contributed by atoms with van der Waals surface area (Å²) < 4.78 is 27.4. The SMILES string of the molecule is Cc1ccc(CCl)cc1S(=O)(=O)N(CC1CC1)C(C)C. The highest BCUT2D eigenvalue weighted by atomic mass is 35.5. The Bertz CT molecular complexity index is 580. The molecule has 0 aromatic heterocycles. The molecule has 1 fully saturated rings. The van der Waals surface area contributed by atoms with Gasteiger partial charge in [-0.25, -0.2) is 8.42 Å². The lowest BCUT2D eigenvalue weighted by Gasteiger charge is -2.26. The molecular weight excluding hydrogens is 294 g/mol. The molecule has 2 rings (SSSR count). The predicted molar refractivity (Wildman–Crippen MR) is 82.5 cm³/mol. The number of benzene rings is 1. The van der Waals surface area contributed by atoms with E-state index in [0.717, 1.165) is 24.0 Å². The van der Waals surface area contributed by atoms with Crippen molar-refractivity contribution in [3.63, 3.8) is 0 Å². The van der Waals surface area contributed by atoms with Gasteiger partial charge in [0.1, 0.15) is 0 Å². The average molecular weight is 316 g/mol. The maximum atomic E-state index is 12.9. The van der Waals surface area contributed by atoms with Crippen LogP contribution in [0.5, 0.6) is 0 Å². The van der Waals surface area contributed by atoms with Crippen molar-refractivity contribution in [2.24, 2.45) is 5.92 Å². The average Bonchev–Trinajstić information content (AvgIpc) is 3.19. The molecule has 1 aromatic carbocycles. The quantitative estimate of drug-likeness (QED) is 0.753. The molecule has 1 aliphatic carbocycles. The third-order valence-corrected chi connectivity index (χ3v) is 6.20. The van der Waals surface area contributed by atoms with E-state index in [1.807, 2.05) is 32.9 Å². The highest BCUT2D eigenvalue weighted by Crippen LogP contribution is 2.33. The summed E-state index contributed by atoms with van der Waals surface area (Å²) in [6, 6.07) is 5.39. The van der Waals surface area contributed by atoms with Gasteiger partial charge in [-0.2, -0.15) is 4.31 Å². The van der Waals surface area contributed by atoms with Crippen LogP contribution in [0.25, 0.3) is 0 Å². The Morgan fingerprint density at radius 3 is 2.50 bits per heavy atom. The van der Waals surface area contributed by atoms with Crippen LogP contribution in [0.2, 0.25) is 0 Å². The predicted octanol–water partition coefficient (Wildman–Crippen LogP) is 3.54. The zero-order chi connectivity index (χ0) is 14.9. The Balaban J connectivity index is 2.40. The van der Waals surface area contributed by atoms with Crippen LogP contribution in [-0.2, 0) is 15.9 Å². The summed E-state index contributed by atoms with van der Waals surface area (Å²) in [7, 11) is -3.44. The summed E-state index contributed by atoms with van der Waals surface area (Å²) in [5.74, 6) is 0.858. The number of halogens is 1. The molecule has 1 aliphatic rings. The Morgan fingerprint density at radius 1 is 1.35 bits per heavy atom. The van der Waals surface area contributed by atoms with Crippen molar-refractivity contribution >= 4 is 21.6 Å². The normalized spacial score (nSPS) is 16.1. The van der Waals surface area contributed by atoms with Gasteiger partial charge in [-0.1, -0.05) is 12.1 Å². The van der Waals surface area contributed by atoms with Crippen molar-refractivity contribution in [2.75, 3.05) is 6.54 Å². The van der Waals surface area contributed by atoms with Gasteiger partial charge in [0.15, 0.2) is 0 Å². The van der Waals surface area contributed by atoms with E-state index in [-0.39, 0.29) is 6.04 Å².